The van der Waals surface area contributed by atoms with Crippen LogP contribution < -0.4 is 5.32 Å². The van der Waals surface area contributed by atoms with Crippen LogP contribution in [0.3, 0.4) is 0 Å². The zero-order valence-corrected chi connectivity index (χ0v) is 20.5. The molecule has 2 N–H and O–H groups in total. The summed E-state index contributed by atoms with van der Waals surface area (Å²) in [5.41, 5.74) is 4.56. The van der Waals surface area contributed by atoms with Gasteiger partial charge in [-0.25, -0.2) is 4.79 Å². The van der Waals surface area contributed by atoms with Gasteiger partial charge in [-0.3, -0.25) is 9.59 Å². The average molecular weight is 479 g/mol. The zero-order valence-electron chi connectivity index (χ0n) is 20.5. The van der Waals surface area contributed by atoms with Gasteiger partial charge in [-0.1, -0.05) is 62.4 Å². The number of carboxylic acid groups (broad SMARTS) is 1. The van der Waals surface area contributed by atoms with Crippen molar-refractivity contribution in [2.75, 3.05) is 19.7 Å². The van der Waals surface area contributed by atoms with E-state index in [1.807, 2.05) is 24.3 Å². The van der Waals surface area contributed by atoms with E-state index in [0.29, 0.717) is 25.8 Å². The second-order valence-electron chi connectivity index (χ2n) is 10.3. The molecule has 186 valence electrons. The first kappa shape index (κ1) is 24.8. The highest BCUT2D eigenvalue weighted by atomic mass is 16.5. The Morgan fingerprint density at radius 3 is 2.17 bits per heavy atom. The molecule has 0 spiro atoms. The van der Waals surface area contributed by atoms with E-state index < -0.39 is 12.1 Å². The molecule has 2 aromatic rings. The molecule has 7 nitrogen and oxygen atoms in total. The SMILES string of the molecule is CC(C)(CCNC(=O)OCC1c2ccccc2-c2ccccc21)CCC(=O)N(CC(=O)O)C1CC1. The molecule has 2 aliphatic carbocycles. The van der Waals surface area contributed by atoms with Crippen LogP contribution in [0.1, 0.15) is 63.0 Å². The van der Waals surface area contributed by atoms with Crippen molar-refractivity contribution in [2.24, 2.45) is 5.41 Å². The van der Waals surface area contributed by atoms with Crippen LogP contribution in [0, 0.1) is 5.41 Å². The van der Waals surface area contributed by atoms with E-state index in [4.69, 9.17) is 9.84 Å². The summed E-state index contributed by atoms with van der Waals surface area (Å²) in [5.74, 6) is -1.06. The van der Waals surface area contributed by atoms with Gasteiger partial charge in [0, 0.05) is 24.9 Å². The molecule has 35 heavy (non-hydrogen) atoms. The van der Waals surface area contributed by atoms with E-state index in [1.165, 1.54) is 27.2 Å². The third-order valence-corrected chi connectivity index (χ3v) is 7.04. The number of aliphatic carboxylic acids is 1. The first-order valence-corrected chi connectivity index (χ1v) is 12.4. The van der Waals surface area contributed by atoms with Crippen LogP contribution in [0.2, 0.25) is 0 Å². The summed E-state index contributed by atoms with van der Waals surface area (Å²) in [6.07, 6.45) is 2.94. The molecule has 0 unspecified atom stereocenters. The maximum Gasteiger partial charge on any atom is 0.407 e. The molecule has 1 saturated carbocycles. The summed E-state index contributed by atoms with van der Waals surface area (Å²) in [6, 6.07) is 16.5. The third-order valence-electron chi connectivity index (χ3n) is 7.04. The third kappa shape index (κ3) is 6.21. The average Bonchev–Trinajstić information content (AvgIpc) is 3.62. The zero-order chi connectivity index (χ0) is 25.0. The van der Waals surface area contributed by atoms with Crippen LogP contribution in [0.25, 0.3) is 11.1 Å². The van der Waals surface area contributed by atoms with Gasteiger partial charge >= 0.3 is 12.1 Å². The number of ether oxygens (including phenoxy) is 1. The van der Waals surface area contributed by atoms with Crippen LogP contribution in [0.5, 0.6) is 0 Å². The maximum atomic E-state index is 12.5. The van der Waals surface area contributed by atoms with Crippen LogP contribution in [-0.4, -0.2) is 53.7 Å². The van der Waals surface area contributed by atoms with Crippen LogP contribution in [0.15, 0.2) is 48.5 Å². The van der Waals surface area contributed by atoms with E-state index in [2.05, 4.69) is 43.4 Å². The van der Waals surface area contributed by atoms with E-state index in [9.17, 15) is 14.4 Å². The lowest BCUT2D eigenvalue weighted by molar-refractivity contribution is -0.145. The predicted octanol–water partition coefficient (Wildman–Crippen LogP) is 4.80. The smallest absolute Gasteiger partial charge is 0.407 e. The highest BCUT2D eigenvalue weighted by molar-refractivity contribution is 5.82. The molecule has 4 rings (SSSR count). The Labute approximate surface area is 206 Å². The van der Waals surface area contributed by atoms with Gasteiger partial charge in [0.15, 0.2) is 0 Å². The van der Waals surface area contributed by atoms with Gasteiger partial charge < -0.3 is 20.1 Å². The summed E-state index contributed by atoms with van der Waals surface area (Å²) in [7, 11) is 0. The number of fused-ring (bicyclic) bond motifs is 3. The number of carboxylic acids is 1. The van der Waals surface area contributed by atoms with Crippen molar-refractivity contribution < 1.29 is 24.2 Å². The van der Waals surface area contributed by atoms with Gasteiger partial charge in [-0.15, -0.1) is 0 Å². The molecule has 1 fully saturated rings. The van der Waals surface area contributed by atoms with Crippen LogP contribution >= 0.6 is 0 Å². The maximum absolute atomic E-state index is 12.5. The molecule has 2 aliphatic rings. The minimum atomic E-state index is -0.975. The summed E-state index contributed by atoms with van der Waals surface area (Å²) >= 11 is 0. The second kappa shape index (κ2) is 10.5. The number of benzene rings is 2. The summed E-state index contributed by atoms with van der Waals surface area (Å²) in [6.45, 7) is 4.60. The summed E-state index contributed by atoms with van der Waals surface area (Å²) in [4.78, 5) is 37.5. The molecule has 7 heteroatoms. The van der Waals surface area contributed by atoms with Crippen molar-refractivity contribution in [3.63, 3.8) is 0 Å². The van der Waals surface area contributed by atoms with Crippen molar-refractivity contribution in [1.29, 1.82) is 0 Å². The molecule has 0 aromatic heterocycles. The number of carbonyl (C=O) groups is 3. The second-order valence-corrected chi connectivity index (χ2v) is 10.3. The van der Waals surface area contributed by atoms with Gasteiger partial charge in [-0.05, 0) is 53.4 Å². The number of amides is 2. The predicted molar refractivity (Wildman–Crippen MR) is 133 cm³/mol. The molecular formula is C28H34N2O5. The van der Waals surface area contributed by atoms with E-state index in [0.717, 1.165) is 12.8 Å². The Morgan fingerprint density at radius 1 is 1.00 bits per heavy atom. The molecular weight excluding hydrogens is 444 g/mol. The van der Waals surface area contributed by atoms with Crippen LogP contribution in [-0.2, 0) is 14.3 Å². The fourth-order valence-electron chi connectivity index (χ4n) is 4.82. The molecule has 0 aliphatic heterocycles. The van der Waals surface area contributed by atoms with Crippen molar-refractivity contribution in [3.05, 3.63) is 59.7 Å². The lowest BCUT2D eigenvalue weighted by Crippen LogP contribution is -2.38. The first-order chi connectivity index (χ1) is 16.7. The molecule has 0 heterocycles. The summed E-state index contributed by atoms with van der Waals surface area (Å²) < 4.78 is 5.59. The van der Waals surface area contributed by atoms with E-state index >= 15 is 0 Å². The van der Waals surface area contributed by atoms with Gasteiger partial charge in [0.1, 0.15) is 13.2 Å². The largest absolute Gasteiger partial charge is 0.480 e. The minimum absolute atomic E-state index is 0.0239. The molecule has 0 saturated heterocycles. The van der Waals surface area contributed by atoms with E-state index in [-0.39, 0.29) is 36.4 Å². The quantitative estimate of drug-likeness (QED) is 0.484. The number of nitrogens with zero attached hydrogens (tertiary/aromatic N) is 1. The Morgan fingerprint density at radius 2 is 1.60 bits per heavy atom. The van der Waals surface area contributed by atoms with Crippen molar-refractivity contribution in [1.82, 2.24) is 10.2 Å². The molecule has 2 aromatic carbocycles. The fraction of sp³-hybridized carbons (Fsp3) is 0.464. The van der Waals surface area contributed by atoms with E-state index in [1.54, 1.807) is 0 Å². The van der Waals surface area contributed by atoms with Crippen molar-refractivity contribution in [3.8, 4) is 11.1 Å². The number of carbonyl (C=O) groups excluding carboxylic acids is 2. The minimum Gasteiger partial charge on any atom is -0.480 e. The number of hydrogen-bond donors (Lipinski definition) is 2. The Balaban J connectivity index is 1.21. The monoisotopic (exact) mass is 478 g/mol. The van der Waals surface area contributed by atoms with Gasteiger partial charge in [0.25, 0.3) is 0 Å². The topological polar surface area (TPSA) is 95.9 Å². The standard InChI is InChI=1S/C28H34N2O5/c1-28(2,14-13-25(31)30(17-26(32)33)19-11-12-19)15-16-29-27(34)35-18-24-22-9-5-3-7-20(22)21-8-4-6-10-23(21)24/h3-10,19,24H,11-18H2,1-2H3,(H,29,34)(H,32,33). The first-order valence-electron chi connectivity index (χ1n) is 12.4. The van der Waals surface area contributed by atoms with Crippen molar-refractivity contribution in [2.45, 2.75) is 57.9 Å². The number of alkyl carbamates (subject to hydrolysis) is 1. The van der Waals surface area contributed by atoms with Crippen LogP contribution in [0.4, 0.5) is 4.79 Å². The Bertz CT molecular complexity index is 1050. The lowest BCUT2D eigenvalue weighted by Gasteiger charge is -2.27. The van der Waals surface area contributed by atoms with Crippen molar-refractivity contribution >= 4 is 18.0 Å². The molecule has 2 amide bonds. The molecule has 0 atom stereocenters. The Hall–Kier alpha value is -3.35. The number of hydrogen-bond acceptors (Lipinski definition) is 4. The highest BCUT2D eigenvalue weighted by Crippen LogP contribution is 2.44. The number of rotatable bonds is 11. The summed E-state index contributed by atoms with van der Waals surface area (Å²) in [5, 5.41) is 11.9. The normalized spacial score (nSPS) is 14.7. The van der Waals surface area contributed by atoms with Gasteiger partial charge in [0.05, 0.1) is 0 Å². The lowest BCUT2D eigenvalue weighted by atomic mass is 9.84. The fourth-order valence-corrected chi connectivity index (χ4v) is 4.82. The molecule has 0 bridgehead atoms. The van der Waals surface area contributed by atoms with Gasteiger partial charge in [0.2, 0.25) is 5.91 Å². The highest BCUT2D eigenvalue weighted by Gasteiger charge is 2.34. The van der Waals surface area contributed by atoms with Gasteiger partial charge in [-0.2, -0.15) is 0 Å². The number of nitrogens with one attached hydrogen (secondary N) is 1. The Kier molecular flexibility index (Phi) is 7.43. The molecule has 0 radical (unpaired) electrons.